The van der Waals surface area contributed by atoms with Crippen LogP contribution in [0.5, 0.6) is 5.75 Å². The summed E-state index contributed by atoms with van der Waals surface area (Å²) < 4.78 is 5.51. The fourth-order valence-electron chi connectivity index (χ4n) is 1.09. The molecule has 0 saturated carbocycles. The quantitative estimate of drug-likeness (QED) is 0.603. The summed E-state index contributed by atoms with van der Waals surface area (Å²) in [5.41, 5.74) is 0. The molecule has 82 valence electrons. The second-order valence-electron chi connectivity index (χ2n) is 2.93. The lowest BCUT2D eigenvalue weighted by atomic mass is 10.3. The lowest BCUT2D eigenvalue weighted by molar-refractivity contribution is 0.0740. The van der Waals surface area contributed by atoms with Crippen molar-refractivity contribution in [2.24, 2.45) is 0 Å². The van der Waals surface area contributed by atoms with Crippen molar-refractivity contribution >= 4 is 40.5 Å². The van der Waals surface area contributed by atoms with E-state index >= 15 is 0 Å². The van der Waals surface area contributed by atoms with Crippen LogP contribution >= 0.6 is 34.5 Å². The maximum atomic E-state index is 11.7. The van der Waals surface area contributed by atoms with Gasteiger partial charge in [-0.2, -0.15) is 0 Å². The predicted molar refractivity (Wildman–Crippen MR) is 65.7 cm³/mol. The third kappa shape index (κ3) is 2.55. The maximum Gasteiger partial charge on any atom is 0.353 e. The van der Waals surface area contributed by atoms with Gasteiger partial charge in [0.2, 0.25) is 0 Å². The smallest absolute Gasteiger partial charge is 0.353 e. The molecule has 0 radical (unpaired) electrons. The first kappa shape index (κ1) is 11.5. The van der Waals surface area contributed by atoms with Gasteiger partial charge in [-0.25, -0.2) is 4.79 Å². The summed E-state index contributed by atoms with van der Waals surface area (Å²) in [4.78, 5) is 12.0. The van der Waals surface area contributed by atoms with Crippen LogP contribution in [0.4, 0.5) is 0 Å². The molecule has 2 nitrogen and oxygen atoms in total. The summed E-state index contributed by atoms with van der Waals surface area (Å²) >= 11 is 12.6. The molecule has 0 aliphatic heterocycles. The monoisotopic (exact) mass is 272 g/mol. The van der Waals surface area contributed by atoms with E-state index in [0.717, 1.165) is 11.3 Å². The van der Waals surface area contributed by atoms with Gasteiger partial charge in [-0.15, -0.1) is 11.3 Å². The number of esters is 1. The Morgan fingerprint density at radius 2 is 1.88 bits per heavy atom. The number of hydrogen-bond donors (Lipinski definition) is 0. The van der Waals surface area contributed by atoms with Gasteiger partial charge in [0.25, 0.3) is 0 Å². The van der Waals surface area contributed by atoms with E-state index in [1.165, 1.54) is 6.07 Å². The fraction of sp³-hybridized carbons (Fsp3) is 0. The molecule has 16 heavy (non-hydrogen) atoms. The highest BCUT2D eigenvalue weighted by Gasteiger charge is 2.14. The highest BCUT2D eigenvalue weighted by Crippen LogP contribution is 2.32. The first-order valence-electron chi connectivity index (χ1n) is 4.39. The van der Waals surface area contributed by atoms with Crippen LogP contribution in [0.15, 0.2) is 36.4 Å². The molecule has 1 aromatic heterocycles. The Kier molecular flexibility index (Phi) is 3.49. The van der Waals surface area contributed by atoms with Crippen LogP contribution in [0.2, 0.25) is 9.36 Å². The van der Waals surface area contributed by atoms with Gasteiger partial charge in [0.1, 0.15) is 15.0 Å². The molecule has 5 heteroatoms. The zero-order valence-electron chi connectivity index (χ0n) is 7.94. The Hall–Kier alpha value is -1.03. The van der Waals surface area contributed by atoms with Gasteiger partial charge in [0.15, 0.2) is 0 Å². The molecule has 0 aliphatic carbocycles. The first-order chi connectivity index (χ1) is 7.66. The van der Waals surface area contributed by atoms with Gasteiger partial charge >= 0.3 is 5.97 Å². The molecule has 1 heterocycles. The number of ether oxygens (including phenoxy) is 1. The minimum atomic E-state index is -0.454. The minimum Gasteiger partial charge on any atom is -0.422 e. The summed E-state index contributed by atoms with van der Waals surface area (Å²) in [6, 6.07) is 10.3. The molecule has 0 bridgehead atoms. The average molecular weight is 273 g/mol. The summed E-state index contributed by atoms with van der Waals surface area (Å²) in [5.74, 6) is 0.0399. The Morgan fingerprint density at radius 1 is 1.19 bits per heavy atom. The van der Waals surface area contributed by atoms with Crippen LogP contribution in [0.1, 0.15) is 9.67 Å². The van der Waals surface area contributed by atoms with Crippen molar-refractivity contribution in [3.8, 4) is 5.75 Å². The zero-order chi connectivity index (χ0) is 11.5. The molecule has 2 rings (SSSR count). The van der Waals surface area contributed by atoms with Crippen molar-refractivity contribution in [3.63, 3.8) is 0 Å². The van der Waals surface area contributed by atoms with Gasteiger partial charge < -0.3 is 4.74 Å². The Morgan fingerprint density at radius 3 is 2.44 bits per heavy atom. The fourth-order valence-corrected chi connectivity index (χ4v) is 2.34. The SMILES string of the molecule is O=C(Oc1ccccc1)c1cc(Cl)c(Cl)s1. The van der Waals surface area contributed by atoms with E-state index in [4.69, 9.17) is 27.9 Å². The van der Waals surface area contributed by atoms with Crippen molar-refractivity contribution in [2.45, 2.75) is 0 Å². The summed E-state index contributed by atoms with van der Waals surface area (Å²) in [5, 5.41) is 0.367. The topological polar surface area (TPSA) is 26.3 Å². The number of para-hydroxylation sites is 1. The Labute approximate surface area is 106 Å². The molecule has 0 unspecified atom stereocenters. The van der Waals surface area contributed by atoms with Crippen molar-refractivity contribution in [1.29, 1.82) is 0 Å². The van der Waals surface area contributed by atoms with E-state index < -0.39 is 5.97 Å². The lowest BCUT2D eigenvalue weighted by Crippen LogP contribution is -2.05. The number of carbonyl (C=O) groups is 1. The molecule has 0 aliphatic rings. The second kappa shape index (κ2) is 4.87. The predicted octanol–water partition coefficient (Wildman–Crippen LogP) is 4.27. The van der Waals surface area contributed by atoms with Gasteiger partial charge in [-0.3, -0.25) is 0 Å². The molecule has 0 amide bonds. The number of hydrogen-bond acceptors (Lipinski definition) is 3. The van der Waals surface area contributed by atoms with E-state index in [1.54, 1.807) is 24.3 Å². The van der Waals surface area contributed by atoms with E-state index in [0.29, 0.717) is 20.0 Å². The Bertz CT molecular complexity index is 488. The van der Waals surface area contributed by atoms with E-state index in [1.807, 2.05) is 6.07 Å². The van der Waals surface area contributed by atoms with Crippen LogP contribution < -0.4 is 4.74 Å². The maximum absolute atomic E-state index is 11.7. The number of carbonyl (C=O) groups excluding carboxylic acids is 1. The van der Waals surface area contributed by atoms with E-state index in [2.05, 4.69) is 0 Å². The summed E-state index contributed by atoms with van der Waals surface area (Å²) in [6.45, 7) is 0. The summed E-state index contributed by atoms with van der Waals surface area (Å²) in [7, 11) is 0. The van der Waals surface area contributed by atoms with Gasteiger partial charge in [-0.1, -0.05) is 41.4 Å². The van der Waals surface area contributed by atoms with Crippen molar-refractivity contribution in [2.75, 3.05) is 0 Å². The van der Waals surface area contributed by atoms with Gasteiger partial charge in [0.05, 0.1) is 5.02 Å². The first-order valence-corrected chi connectivity index (χ1v) is 5.96. The minimum absolute atomic E-state index is 0.367. The molecule has 1 aromatic carbocycles. The third-order valence-corrected chi connectivity index (χ3v) is 3.65. The average Bonchev–Trinajstić information content (AvgIpc) is 2.61. The highest BCUT2D eigenvalue weighted by molar-refractivity contribution is 7.18. The van der Waals surface area contributed by atoms with Gasteiger partial charge in [0, 0.05) is 0 Å². The number of thiophene rings is 1. The number of halogens is 2. The lowest BCUT2D eigenvalue weighted by Gasteiger charge is -2.00. The summed E-state index contributed by atoms with van der Waals surface area (Å²) in [6.07, 6.45) is 0. The molecule has 0 fully saturated rings. The van der Waals surface area contributed by atoms with Crippen LogP contribution in [0.3, 0.4) is 0 Å². The van der Waals surface area contributed by atoms with Crippen LogP contribution in [-0.4, -0.2) is 5.97 Å². The molecule has 0 spiro atoms. The second-order valence-corrected chi connectivity index (χ2v) is 5.00. The zero-order valence-corrected chi connectivity index (χ0v) is 10.3. The third-order valence-electron chi connectivity index (χ3n) is 1.80. The standard InChI is InChI=1S/C11H6Cl2O2S/c12-8-6-9(16-10(8)13)11(14)15-7-4-2-1-3-5-7/h1-6H. The molecular weight excluding hydrogens is 267 g/mol. The molecule has 0 N–H and O–H groups in total. The van der Waals surface area contributed by atoms with E-state index in [-0.39, 0.29) is 0 Å². The molecular formula is C11H6Cl2O2S. The van der Waals surface area contributed by atoms with Crippen molar-refractivity contribution < 1.29 is 9.53 Å². The normalized spacial score (nSPS) is 10.1. The number of rotatable bonds is 2. The van der Waals surface area contributed by atoms with E-state index in [9.17, 15) is 4.79 Å². The van der Waals surface area contributed by atoms with Crippen molar-refractivity contribution in [3.05, 3.63) is 50.6 Å². The van der Waals surface area contributed by atoms with Gasteiger partial charge in [-0.05, 0) is 18.2 Å². The van der Waals surface area contributed by atoms with Crippen LogP contribution in [-0.2, 0) is 0 Å². The molecule has 0 atom stereocenters. The number of benzene rings is 1. The van der Waals surface area contributed by atoms with Crippen LogP contribution in [0, 0.1) is 0 Å². The molecule has 2 aromatic rings. The largest absolute Gasteiger partial charge is 0.422 e. The molecule has 0 saturated heterocycles. The van der Waals surface area contributed by atoms with Crippen LogP contribution in [0.25, 0.3) is 0 Å². The Balaban J connectivity index is 2.15. The van der Waals surface area contributed by atoms with Crippen molar-refractivity contribution in [1.82, 2.24) is 0 Å². The highest BCUT2D eigenvalue weighted by atomic mass is 35.5.